The van der Waals surface area contributed by atoms with E-state index in [0.29, 0.717) is 29.0 Å². The highest BCUT2D eigenvalue weighted by Crippen LogP contribution is 2.38. The van der Waals surface area contributed by atoms with Crippen LogP contribution < -0.4 is 10.1 Å². The molecule has 3 aromatic rings. The Morgan fingerprint density at radius 2 is 2.19 bits per heavy atom. The zero-order valence-electron chi connectivity index (χ0n) is 13.7. The van der Waals surface area contributed by atoms with Crippen LogP contribution in [-0.4, -0.2) is 21.0 Å². The third-order valence-corrected chi connectivity index (χ3v) is 4.34. The van der Waals surface area contributed by atoms with Crippen molar-refractivity contribution in [3.63, 3.8) is 0 Å². The molecule has 0 spiro atoms. The van der Waals surface area contributed by atoms with E-state index in [1.54, 1.807) is 12.1 Å². The first kappa shape index (κ1) is 16.7. The molecule has 1 saturated carbocycles. The summed E-state index contributed by atoms with van der Waals surface area (Å²) < 4.78 is 11.7. The number of amides is 1. The predicted molar refractivity (Wildman–Crippen MR) is 95.9 cm³/mol. The number of aromatic nitrogens is 3. The van der Waals surface area contributed by atoms with Gasteiger partial charge in [0.05, 0.1) is 12.1 Å². The SMILES string of the molecule is O=C(NCc1nc(C2CC2)no1)c1ccc(Oc2cccc(Br)c2)nc1. The first-order chi connectivity index (χ1) is 12.7. The van der Waals surface area contributed by atoms with E-state index in [2.05, 4.69) is 36.4 Å². The van der Waals surface area contributed by atoms with E-state index >= 15 is 0 Å². The molecule has 132 valence electrons. The molecule has 0 radical (unpaired) electrons. The van der Waals surface area contributed by atoms with Gasteiger partial charge in [-0.15, -0.1) is 0 Å². The van der Waals surface area contributed by atoms with Crippen LogP contribution in [0.4, 0.5) is 0 Å². The van der Waals surface area contributed by atoms with Crippen molar-refractivity contribution in [2.24, 2.45) is 0 Å². The lowest BCUT2D eigenvalue weighted by Crippen LogP contribution is -2.23. The first-order valence-electron chi connectivity index (χ1n) is 8.17. The molecule has 0 bridgehead atoms. The molecule has 2 heterocycles. The van der Waals surface area contributed by atoms with Gasteiger partial charge >= 0.3 is 0 Å². The minimum absolute atomic E-state index is 0.189. The minimum atomic E-state index is -0.266. The molecule has 0 unspecified atom stereocenters. The average molecular weight is 415 g/mol. The van der Waals surface area contributed by atoms with Gasteiger partial charge in [-0.3, -0.25) is 4.79 Å². The van der Waals surface area contributed by atoms with Crippen molar-refractivity contribution in [3.8, 4) is 11.6 Å². The van der Waals surface area contributed by atoms with E-state index in [0.717, 1.165) is 23.1 Å². The summed E-state index contributed by atoms with van der Waals surface area (Å²) in [6.07, 6.45) is 3.67. The van der Waals surface area contributed by atoms with Gasteiger partial charge in [0.15, 0.2) is 5.82 Å². The number of nitrogens with one attached hydrogen (secondary N) is 1. The number of ether oxygens (including phenoxy) is 1. The largest absolute Gasteiger partial charge is 0.439 e. The van der Waals surface area contributed by atoms with Crippen LogP contribution in [0.5, 0.6) is 11.6 Å². The van der Waals surface area contributed by atoms with Crippen molar-refractivity contribution in [2.45, 2.75) is 25.3 Å². The Kier molecular flexibility index (Phi) is 4.66. The molecule has 1 aliphatic rings. The number of benzene rings is 1. The molecule has 8 heteroatoms. The van der Waals surface area contributed by atoms with Gasteiger partial charge in [-0.05, 0) is 37.1 Å². The van der Waals surface area contributed by atoms with Crippen LogP contribution in [0, 0.1) is 0 Å². The van der Waals surface area contributed by atoms with Crippen LogP contribution in [0.3, 0.4) is 0 Å². The van der Waals surface area contributed by atoms with Gasteiger partial charge in [0.2, 0.25) is 11.8 Å². The average Bonchev–Trinajstić information content (AvgIpc) is 3.39. The number of carbonyl (C=O) groups excluding carboxylic acids is 1. The minimum Gasteiger partial charge on any atom is -0.439 e. The lowest BCUT2D eigenvalue weighted by Gasteiger charge is -2.06. The Bertz CT molecular complexity index is 922. The Hall–Kier alpha value is -2.74. The number of pyridine rings is 1. The van der Waals surface area contributed by atoms with Gasteiger partial charge < -0.3 is 14.6 Å². The Morgan fingerprint density at radius 3 is 2.92 bits per heavy atom. The normalized spacial score (nSPS) is 13.4. The number of hydrogen-bond donors (Lipinski definition) is 1. The van der Waals surface area contributed by atoms with Crippen molar-refractivity contribution in [1.82, 2.24) is 20.4 Å². The zero-order valence-corrected chi connectivity index (χ0v) is 15.3. The highest BCUT2D eigenvalue weighted by atomic mass is 79.9. The summed E-state index contributed by atoms with van der Waals surface area (Å²) in [5, 5.41) is 6.66. The second-order valence-corrected chi connectivity index (χ2v) is 6.86. The van der Waals surface area contributed by atoms with Crippen LogP contribution in [0.15, 0.2) is 51.6 Å². The second-order valence-electron chi connectivity index (χ2n) is 5.95. The van der Waals surface area contributed by atoms with Crippen molar-refractivity contribution in [3.05, 3.63) is 64.3 Å². The maximum Gasteiger partial charge on any atom is 0.253 e. The summed E-state index contributed by atoms with van der Waals surface area (Å²) >= 11 is 3.38. The summed E-state index contributed by atoms with van der Waals surface area (Å²) in [4.78, 5) is 20.6. The zero-order chi connectivity index (χ0) is 17.9. The molecule has 26 heavy (non-hydrogen) atoms. The second kappa shape index (κ2) is 7.25. The van der Waals surface area contributed by atoms with Gasteiger partial charge in [-0.1, -0.05) is 27.2 Å². The van der Waals surface area contributed by atoms with E-state index in [-0.39, 0.29) is 12.5 Å². The maximum absolute atomic E-state index is 12.2. The molecule has 0 saturated heterocycles. The van der Waals surface area contributed by atoms with Crippen LogP contribution >= 0.6 is 15.9 Å². The van der Waals surface area contributed by atoms with Gasteiger partial charge in [-0.25, -0.2) is 4.98 Å². The highest BCUT2D eigenvalue weighted by molar-refractivity contribution is 9.10. The monoisotopic (exact) mass is 414 g/mol. The molecule has 1 fully saturated rings. The smallest absolute Gasteiger partial charge is 0.253 e. The topological polar surface area (TPSA) is 90.1 Å². The summed E-state index contributed by atoms with van der Waals surface area (Å²) in [5.74, 6) is 2.35. The molecule has 1 amide bonds. The fourth-order valence-electron chi connectivity index (χ4n) is 2.33. The van der Waals surface area contributed by atoms with E-state index in [4.69, 9.17) is 9.26 Å². The van der Waals surface area contributed by atoms with Crippen LogP contribution in [0.25, 0.3) is 0 Å². The summed E-state index contributed by atoms with van der Waals surface area (Å²) in [6, 6.07) is 10.7. The summed E-state index contributed by atoms with van der Waals surface area (Å²) in [7, 11) is 0. The standard InChI is InChI=1S/C18H15BrN4O3/c19-13-2-1-3-14(8-13)25-15-7-6-12(9-20-15)18(24)21-10-16-22-17(23-26-16)11-4-5-11/h1-3,6-9,11H,4-5,10H2,(H,21,24). The molecule has 0 atom stereocenters. The summed E-state index contributed by atoms with van der Waals surface area (Å²) in [5.41, 5.74) is 0.425. The Morgan fingerprint density at radius 1 is 1.31 bits per heavy atom. The molecule has 1 aromatic carbocycles. The number of rotatable bonds is 6. The molecule has 2 aromatic heterocycles. The third-order valence-electron chi connectivity index (χ3n) is 3.84. The van der Waals surface area contributed by atoms with E-state index in [9.17, 15) is 4.79 Å². The molecule has 0 aliphatic heterocycles. The first-order valence-corrected chi connectivity index (χ1v) is 8.97. The molecule has 7 nitrogen and oxygen atoms in total. The van der Waals surface area contributed by atoms with Gasteiger partial charge in [0.25, 0.3) is 5.91 Å². The van der Waals surface area contributed by atoms with E-state index in [1.165, 1.54) is 6.20 Å². The number of hydrogen-bond acceptors (Lipinski definition) is 6. The number of halogens is 1. The fourth-order valence-corrected chi connectivity index (χ4v) is 2.71. The van der Waals surface area contributed by atoms with Crippen molar-refractivity contribution in [2.75, 3.05) is 0 Å². The van der Waals surface area contributed by atoms with Crippen molar-refractivity contribution >= 4 is 21.8 Å². The molecule has 4 rings (SSSR count). The number of carbonyl (C=O) groups is 1. The van der Waals surface area contributed by atoms with Gasteiger partial charge in [0.1, 0.15) is 5.75 Å². The predicted octanol–water partition coefficient (Wildman–Crippen LogP) is 3.83. The summed E-state index contributed by atoms with van der Waals surface area (Å²) in [6.45, 7) is 0.189. The lowest BCUT2D eigenvalue weighted by atomic mass is 10.2. The highest BCUT2D eigenvalue weighted by Gasteiger charge is 2.28. The van der Waals surface area contributed by atoms with Crippen LogP contribution in [-0.2, 0) is 6.54 Å². The molecule has 1 aliphatic carbocycles. The lowest BCUT2D eigenvalue weighted by molar-refractivity contribution is 0.0946. The van der Waals surface area contributed by atoms with Gasteiger partial charge in [-0.2, -0.15) is 4.98 Å². The molecular formula is C18H15BrN4O3. The Labute approximate surface area is 157 Å². The quantitative estimate of drug-likeness (QED) is 0.658. The van der Waals surface area contributed by atoms with Crippen LogP contribution in [0.2, 0.25) is 0 Å². The fraction of sp³-hybridized carbons (Fsp3) is 0.222. The van der Waals surface area contributed by atoms with Gasteiger partial charge in [0, 0.05) is 22.7 Å². The third kappa shape index (κ3) is 4.08. The van der Waals surface area contributed by atoms with E-state index < -0.39 is 0 Å². The molecule has 1 N–H and O–H groups in total. The molecular weight excluding hydrogens is 400 g/mol. The van der Waals surface area contributed by atoms with Crippen molar-refractivity contribution < 1.29 is 14.1 Å². The Balaban J connectivity index is 1.34. The number of nitrogens with zero attached hydrogens (tertiary/aromatic N) is 3. The van der Waals surface area contributed by atoms with Crippen molar-refractivity contribution in [1.29, 1.82) is 0 Å². The maximum atomic E-state index is 12.2. The van der Waals surface area contributed by atoms with E-state index in [1.807, 2.05) is 24.3 Å². The van der Waals surface area contributed by atoms with Crippen LogP contribution in [0.1, 0.15) is 40.8 Å².